The first kappa shape index (κ1) is 21.2. The van der Waals surface area contributed by atoms with Gasteiger partial charge >= 0.3 is 13.7 Å². The van der Waals surface area contributed by atoms with Crippen molar-refractivity contribution in [2.24, 2.45) is 28.6 Å². The summed E-state index contributed by atoms with van der Waals surface area (Å²) in [4.78, 5) is 26.9. The first-order chi connectivity index (χ1) is 14.6. The molecule has 1 heterocycles. The molecule has 7 atom stereocenters. The highest BCUT2D eigenvalue weighted by molar-refractivity contribution is 6.18. The topological polar surface area (TPSA) is 82.1 Å². The second kappa shape index (κ2) is 6.66. The lowest BCUT2D eigenvalue weighted by atomic mass is 9.63. The van der Waals surface area contributed by atoms with Crippen LogP contribution in [0.1, 0.15) is 47.5 Å². The van der Waals surface area contributed by atoms with Crippen molar-refractivity contribution in [3.8, 4) is 0 Å². The number of allylic oxidation sites excluding steroid dienone is 2. The van der Waals surface area contributed by atoms with Crippen molar-refractivity contribution >= 4 is 19.4 Å². The second-order valence-electron chi connectivity index (χ2n) is 10.6. The Hall–Kier alpha value is -1.70. The van der Waals surface area contributed by atoms with Crippen molar-refractivity contribution < 1.29 is 28.7 Å². The van der Waals surface area contributed by atoms with Gasteiger partial charge in [-0.3, -0.25) is 4.79 Å². The fourth-order valence-corrected chi connectivity index (χ4v) is 7.01. The van der Waals surface area contributed by atoms with Crippen molar-refractivity contribution in [2.45, 2.75) is 65.3 Å². The number of fused-ring (bicyclic) bond motifs is 5. The fourth-order valence-electron chi connectivity index (χ4n) is 7.01. The number of hydrogen-bond donors (Lipinski definition) is 1. The predicted octanol–water partition coefficient (Wildman–Crippen LogP) is 2.42. The summed E-state index contributed by atoms with van der Waals surface area (Å²) in [5.74, 6) is -0.0784. The summed E-state index contributed by atoms with van der Waals surface area (Å²) < 4.78 is 17.4. The average molecular weight is 426 g/mol. The Morgan fingerprint density at radius 2 is 2.13 bits per heavy atom. The molecule has 5 aliphatic rings. The number of rotatable bonds is 2. The highest BCUT2D eigenvalue weighted by Gasteiger charge is 2.75. The lowest BCUT2D eigenvalue weighted by molar-refractivity contribution is -0.194. The first-order valence-corrected chi connectivity index (χ1v) is 11.3. The van der Waals surface area contributed by atoms with Gasteiger partial charge in [0.1, 0.15) is 11.7 Å². The molecule has 1 N–H and O–H groups in total. The van der Waals surface area contributed by atoms with Gasteiger partial charge in [-0.15, -0.1) is 0 Å². The van der Waals surface area contributed by atoms with E-state index in [4.69, 9.17) is 14.0 Å². The van der Waals surface area contributed by atoms with Crippen LogP contribution in [0.5, 0.6) is 0 Å². The Morgan fingerprint density at radius 3 is 2.84 bits per heavy atom. The van der Waals surface area contributed by atoms with Crippen LogP contribution in [-0.4, -0.2) is 49.0 Å². The van der Waals surface area contributed by atoms with Crippen LogP contribution in [0.15, 0.2) is 34.9 Å². The number of ether oxygens (including phenoxy) is 1. The van der Waals surface area contributed by atoms with Crippen LogP contribution in [0.25, 0.3) is 0 Å². The zero-order valence-corrected chi connectivity index (χ0v) is 18.9. The highest BCUT2D eigenvalue weighted by atomic mass is 16.6. The Morgan fingerprint density at radius 1 is 1.39 bits per heavy atom. The van der Waals surface area contributed by atoms with Gasteiger partial charge in [0.15, 0.2) is 11.9 Å². The van der Waals surface area contributed by atoms with Gasteiger partial charge in [0, 0.05) is 11.5 Å². The summed E-state index contributed by atoms with van der Waals surface area (Å²) in [5.41, 5.74) is -0.784. The van der Waals surface area contributed by atoms with Crippen LogP contribution < -0.4 is 0 Å². The van der Waals surface area contributed by atoms with Crippen LogP contribution in [0, 0.1) is 28.6 Å². The minimum Gasteiger partial charge on any atom is -0.451 e. The molecule has 0 aromatic heterocycles. The second-order valence-corrected chi connectivity index (χ2v) is 10.6. The van der Waals surface area contributed by atoms with E-state index in [9.17, 15) is 14.7 Å². The standard InChI is InChI=1S/C24H31BO6/c1-6-12(2)21(27)30-19-13(3)10-23-8-7-16-17(22(16,4)5)15(18(23)26)9-14-11-29-25-31-20(14)24(19,23)28/h6,9-10,15-17,19-20,25,28H,7-8,11H2,1-5H3/b12-6-/t15?,16?,17-,19?,20?,23?,24?/m0/s1. The molecule has 166 valence electrons. The molecule has 1 aliphatic heterocycles. The maximum atomic E-state index is 14.2. The third kappa shape index (κ3) is 2.57. The minimum atomic E-state index is -1.69. The summed E-state index contributed by atoms with van der Waals surface area (Å²) in [6.07, 6.45) is 5.24. The number of carbonyl (C=O) groups is 2. The molecule has 3 fully saturated rings. The largest absolute Gasteiger partial charge is 0.451 e. The molecule has 1 saturated heterocycles. The van der Waals surface area contributed by atoms with Gasteiger partial charge < -0.3 is 19.2 Å². The fraction of sp³-hybridized carbons (Fsp3) is 0.667. The van der Waals surface area contributed by atoms with Gasteiger partial charge in [0.05, 0.1) is 12.0 Å². The molecular weight excluding hydrogens is 395 g/mol. The molecule has 2 bridgehead atoms. The third-order valence-electron chi connectivity index (χ3n) is 8.82. The molecule has 31 heavy (non-hydrogen) atoms. The van der Waals surface area contributed by atoms with E-state index in [1.807, 2.05) is 19.1 Å². The van der Waals surface area contributed by atoms with Gasteiger partial charge in [-0.05, 0) is 62.0 Å². The lowest BCUT2D eigenvalue weighted by Crippen LogP contribution is -2.65. The number of esters is 1. The molecule has 0 radical (unpaired) electrons. The first-order valence-electron chi connectivity index (χ1n) is 11.3. The Labute approximate surface area is 184 Å². The molecule has 0 amide bonds. The zero-order chi connectivity index (χ0) is 22.3. The van der Waals surface area contributed by atoms with Gasteiger partial charge in [0.2, 0.25) is 0 Å². The number of Topliss-reactive ketones (excluding diaryl/α,β-unsaturated/α-hetero) is 1. The molecule has 7 heteroatoms. The maximum absolute atomic E-state index is 14.2. The van der Waals surface area contributed by atoms with E-state index in [0.29, 0.717) is 30.1 Å². The Kier molecular flexibility index (Phi) is 4.55. The number of hydrogen-bond acceptors (Lipinski definition) is 6. The smallest absolute Gasteiger partial charge is 0.438 e. The van der Waals surface area contributed by atoms with Crippen molar-refractivity contribution in [3.05, 3.63) is 34.9 Å². The maximum Gasteiger partial charge on any atom is 0.438 e. The Balaban J connectivity index is 1.66. The molecule has 5 rings (SSSR count). The monoisotopic (exact) mass is 426 g/mol. The van der Waals surface area contributed by atoms with Gasteiger partial charge in [0.25, 0.3) is 0 Å². The summed E-state index contributed by atoms with van der Waals surface area (Å²) in [7, 11) is 0.0321. The van der Waals surface area contributed by atoms with Crippen molar-refractivity contribution in [3.63, 3.8) is 0 Å². The van der Waals surface area contributed by atoms with E-state index in [2.05, 4.69) is 13.8 Å². The molecule has 1 spiro atoms. The molecule has 0 aromatic carbocycles. The zero-order valence-electron chi connectivity index (χ0n) is 18.9. The Bertz CT molecular complexity index is 948. The number of ketones is 1. The predicted molar refractivity (Wildman–Crippen MR) is 115 cm³/mol. The summed E-state index contributed by atoms with van der Waals surface area (Å²) in [5, 5.41) is 12.5. The molecular formula is C24H31BO6. The van der Waals surface area contributed by atoms with E-state index in [1.165, 1.54) is 0 Å². The van der Waals surface area contributed by atoms with Crippen LogP contribution in [0.2, 0.25) is 0 Å². The van der Waals surface area contributed by atoms with Gasteiger partial charge in [-0.1, -0.05) is 32.1 Å². The average Bonchev–Trinajstić information content (AvgIpc) is 3.27. The number of aliphatic hydroxyl groups is 1. The molecule has 6 unspecified atom stereocenters. The summed E-state index contributed by atoms with van der Waals surface area (Å²) in [6.45, 7) is 10.1. The van der Waals surface area contributed by atoms with Crippen LogP contribution >= 0.6 is 0 Å². The van der Waals surface area contributed by atoms with E-state index in [0.717, 1.165) is 12.0 Å². The van der Waals surface area contributed by atoms with Crippen LogP contribution in [-0.2, 0) is 23.6 Å². The quantitative estimate of drug-likeness (QED) is 0.316. The number of carbonyl (C=O) groups excluding carboxylic acids is 2. The van der Waals surface area contributed by atoms with E-state index >= 15 is 0 Å². The van der Waals surface area contributed by atoms with E-state index in [-0.39, 0.29) is 30.7 Å². The SMILES string of the molecule is C/C=C(/C)C(=O)OC1C(C)=CC23CCC4[C@H](C(C=C5COBOC5C12O)C3=O)C4(C)C. The van der Waals surface area contributed by atoms with E-state index < -0.39 is 29.2 Å². The van der Waals surface area contributed by atoms with Crippen LogP contribution in [0.4, 0.5) is 0 Å². The highest BCUT2D eigenvalue weighted by Crippen LogP contribution is 2.70. The van der Waals surface area contributed by atoms with Gasteiger partial charge in [-0.2, -0.15) is 0 Å². The van der Waals surface area contributed by atoms with Crippen molar-refractivity contribution in [1.29, 1.82) is 0 Å². The molecule has 6 nitrogen and oxygen atoms in total. The molecule has 2 saturated carbocycles. The van der Waals surface area contributed by atoms with Crippen molar-refractivity contribution in [2.75, 3.05) is 6.61 Å². The third-order valence-corrected chi connectivity index (χ3v) is 8.82. The molecule has 4 aliphatic carbocycles. The lowest BCUT2D eigenvalue weighted by Gasteiger charge is -2.48. The van der Waals surface area contributed by atoms with E-state index in [1.54, 1.807) is 19.9 Å². The van der Waals surface area contributed by atoms with Crippen molar-refractivity contribution in [1.82, 2.24) is 0 Å². The van der Waals surface area contributed by atoms with Gasteiger partial charge in [-0.25, -0.2) is 4.79 Å². The normalized spacial score (nSPS) is 45.0. The minimum absolute atomic E-state index is 0.0271. The summed E-state index contributed by atoms with van der Waals surface area (Å²) in [6, 6.07) is 0. The summed E-state index contributed by atoms with van der Waals surface area (Å²) >= 11 is 0. The molecule has 0 aromatic rings. The van der Waals surface area contributed by atoms with Crippen LogP contribution in [0.3, 0.4) is 0 Å².